The molecule has 0 aromatic carbocycles. The molecule has 2 rings (SSSR count). The molecule has 1 aromatic heterocycles. The minimum absolute atomic E-state index is 0.701. The van der Waals surface area contributed by atoms with Crippen LogP contribution in [0, 0.1) is 0 Å². The minimum Gasteiger partial charge on any atom is -0.356 e. The molecule has 3 nitrogen and oxygen atoms in total. The van der Waals surface area contributed by atoms with Crippen LogP contribution in [0.4, 0.5) is 5.82 Å². The number of rotatable bonds is 3. The van der Waals surface area contributed by atoms with Gasteiger partial charge in [0.25, 0.3) is 0 Å². The monoisotopic (exact) mass is 205 g/mol. The Balaban J connectivity index is 2.17. The molecule has 15 heavy (non-hydrogen) atoms. The van der Waals surface area contributed by atoms with Crippen LogP contribution >= 0.6 is 0 Å². The Bertz CT molecular complexity index is 305. The summed E-state index contributed by atoms with van der Waals surface area (Å²) in [5.41, 5.74) is 6.91. The maximum Gasteiger partial charge on any atom is 0.131 e. The average Bonchev–Trinajstić information content (AvgIpc) is 2.31. The summed E-state index contributed by atoms with van der Waals surface area (Å²) < 4.78 is 0. The zero-order valence-electron chi connectivity index (χ0n) is 9.15. The Morgan fingerprint density at radius 2 is 2.07 bits per heavy atom. The first kappa shape index (κ1) is 10.4. The van der Waals surface area contributed by atoms with E-state index in [1.165, 1.54) is 24.8 Å². The van der Waals surface area contributed by atoms with Crippen LogP contribution in [-0.2, 0) is 6.42 Å². The van der Waals surface area contributed by atoms with Gasteiger partial charge in [-0.05, 0) is 43.9 Å². The highest BCUT2D eigenvalue weighted by Crippen LogP contribution is 2.21. The molecule has 0 saturated carbocycles. The minimum atomic E-state index is 0.701. The van der Waals surface area contributed by atoms with E-state index >= 15 is 0 Å². The lowest BCUT2D eigenvalue weighted by Gasteiger charge is -2.29. The largest absolute Gasteiger partial charge is 0.356 e. The van der Waals surface area contributed by atoms with Crippen molar-refractivity contribution in [3.8, 4) is 0 Å². The summed E-state index contributed by atoms with van der Waals surface area (Å²) in [5, 5.41) is 0. The Hall–Kier alpha value is -1.09. The second kappa shape index (κ2) is 5.12. The number of aromatic nitrogens is 1. The van der Waals surface area contributed by atoms with E-state index in [-0.39, 0.29) is 0 Å². The van der Waals surface area contributed by atoms with Crippen LogP contribution in [0.1, 0.15) is 24.8 Å². The summed E-state index contributed by atoms with van der Waals surface area (Å²) in [6.07, 6.45) is 6.75. The lowest BCUT2D eigenvalue weighted by Crippen LogP contribution is -2.31. The SMILES string of the molecule is NCCc1cccnc1N1CCCCC1. The van der Waals surface area contributed by atoms with E-state index in [4.69, 9.17) is 5.73 Å². The van der Waals surface area contributed by atoms with Gasteiger partial charge in [-0.3, -0.25) is 0 Å². The van der Waals surface area contributed by atoms with Gasteiger partial charge in [0.05, 0.1) is 0 Å². The van der Waals surface area contributed by atoms with Crippen LogP contribution in [0.5, 0.6) is 0 Å². The van der Waals surface area contributed by atoms with Gasteiger partial charge in [0.15, 0.2) is 0 Å². The van der Waals surface area contributed by atoms with Crippen molar-refractivity contribution in [3.63, 3.8) is 0 Å². The summed E-state index contributed by atoms with van der Waals surface area (Å²) in [7, 11) is 0. The summed E-state index contributed by atoms with van der Waals surface area (Å²) in [6, 6.07) is 4.14. The van der Waals surface area contributed by atoms with Gasteiger partial charge in [-0.2, -0.15) is 0 Å². The summed E-state index contributed by atoms with van der Waals surface area (Å²) in [6.45, 7) is 3.00. The molecule has 0 bridgehead atoms. The summed E-state index contributed by atoms with van der Waals surface area (Å²) in [4.78, 5) is 6.89. The van der Waals surface area contributed by atoms with Gasteiger partial charge >= 0.3 is 0 Å². The maximum absolute atomic E-state index is 5.61. The molecule has 2 heterocycles. The van der Waals surface area contributed by atoms with E-state index in [1.54, 1.807) is 0 Å². The molecular formula is C12H19N3. The highest BCUT2D eigenvalue weighted by molar-refractivity contribution is 5.47. The quantitative estimate of drug-likeness (QED) is 0.814. The van der Waals surface area contributed by atoms with Crippen LogP contribution in [-0.4, -0.2) is 24.6 Å². The zero-order chi connectivity index (χ0) is 10.5. The Morgan fingerprint density at radius 1 is 1.27 bits per heavy atom. The van der Waals surface area contributed by atoms with E-state index in [0.29, 0.717) is 6.54 Å². The molecule has 0 unspecified atom stereocenters. The Kier molecular flexibility index (Phi) is 3.56. The smallest absolute Gasteiger partial charge is 0.131 e. The zero-order valence-corrected chi connectivity index (χ0v) is 9.15. The van der Waals surface area contributed by atoms with Crippen LogP contribution in [0.2, 0.25) is 0 Å². The number of hydrogen-bond donors (Lipinski definition) is 1. The molecular weight excluding hydrogens is 186 g/mol. The molecule has 3 heteroatoms. The molecule has 2 N–H and O–H groups in total. The third-order valence-corrected chi connectivity index (χ3v) is 2.94. The molecule has 1 aliphatic rings. The molecule has 82 valence electrons. The van der Waals surface area contributed by atoms with Crippen molar-refractivity contribution in [3.05, 3.63) is 23.9 Å². The number of anilines is 1. The standard InChI is InChI=1S/C12H19N3/c13-7-6-11-5-4-8-14-12(11)15-9-2-1-3-10-15/h4-5,8H,1-3,6-7,9-10,13H2. The third kappa shape index (κ3) is 2.48. The van der Waals surface area contributed by atoms with E-state index in [0.717, 1.165) is 25.3 Å². The first-order valence-corrected chi connectivity index (χ1v) is 5.81. The maximum atomic E-state index is 5.61. The number of pyridine rings is 1. The van der Waals surface area contributed by atoms with E-state index in [9.17, 15) is 0 Å². The van der Waals surface area contributed by atoms with Crippen LogP contribution in [0.15, 0.2) is 18.3 Å². The fourth-order valence-electron chi connectivity index (χ4n) is 2.17. The fraction of sp³-hybridized carbons (Fsp3) is 0.583. The van der Waals surface area contributed by atoms with Crippen LogP contribution in [0.25, 0.3) is 0 Å². The van der Waals surface area contributed by atoms with Crippen molar-refractivity contribution >= 4 is 5.82 Å². The lowest BCUT2D eigenvalue weighted by molar-refractivity contribution is 0.571. The molecule has 1 aromatic rings. The molecule has 1 fully saturated rings. The molecule has 0 radical (unpaired) electrons. The van der Waals surface area contributed by atoms with Crippen molar-refractivity contribution in [1.29, 1.82) is 0 Å². The number of piperidine rings is 1. The van der Waals surface area contributed by atoms with Gasteiger partial charge < -0.3 is 10.6 Å². The number of hydrogen-bond acceptors (Lipinski definition) is 3. The van der Waals surface area contributed by atoms with Crippen molar-refractivity contribution in [2.45, 2.75) is 25.7 Å². The summed E-state index contributed by atoms with van der Waals surface area (Å²) in [5.74, 6) is 1.16. The molecule has 0 atom stereocenters. The fourth-order valence-corrected chi connectivity index (χ4v) is 2.17. The molecule has 0 aliphatic carbocycles. The summed E-state index contributed by atoms with van der Waals surface area (Å²) >= 11 is 0. The Labute approximate surface area is 91.3 Å². The van der Waals surface area contributed by atoms with Gasteiger partial charge in [-0.15, -0.1) is 0 Å². The normalized spacial score (nSPS) is 16.7. The van der Waals surface area contributed by atoms with E-state index in [2.05, 4.69) is 16.0 Å². The molecule has 0 spiro atoms. The van der Waals surface area contributed by atoms with Crippen LogP contribution < -0.4 is 10.6 Å². The van der Waals surface area contributed by atoms with Gasteiger partial charge in [0.2, 0.25) is 0 Å². The van der Waals surface area contributed by atoms with Crippen molar-refractivity contribution < 1.29 is 0 Å². The van der Waals surface area contributed by atoms with Crippen molar-refractivity contribution in [1.82, 2.24) is 4.98 Å². The first-order valence-electron chi connectivity index (χ1n) is 5.81. The molecule has 1 saturated heterocycles. The van der Waals surface area contributed by atoms with Crippen molar-refractivity contribution in [2.24, 2.45) is 5.73 Å². The van der Waals surface area contributed by atoms with Crippen molar-refractivity contribution in [2.75, 3.05) is 24.5 Å². The third-order valence-electron chi connectivity index (χ3n) is 2.94. The lowest BCUT2D eigenvalue weighted by atomic mass is 10.1. The van der Waals surface area contributed by atoms with Gasteiger partial charge in [-0.25, -0.2) is 4.98 Å². The Morgan fingerprint density at radius 3 is 2.80 bits per heavy atom. The van der Waals surface area contributed by atoms with E-state index < -0.39 is 0 Å². The second-order valence-corrected chi connectivity index (χ2v) is 4.07. The predicted octanol–water partition coefficient (Wildman–Crippen LogP) is 1.57. The number of nitrogens with two attached hydrogens (primary N) is 1. The highest BCUT2D eigenvalue weighted by Gasteiger charge is 2.14. The first-order chi connectivity index (χ1) is 7.42. The van der Waals surface area contributed by atoms with Gasteiger partial charge in [-0.1, -0.05) is 6.07 Å². The second-order valence-electron chi connectivity index (χ2n) is 4.07. The molecule has 0 amide bonds. The average molecular weight is 205 g/mol. The van der Waals surface area contributed by atoms with Crippen LogP contribution in [0.3, 0.4) is 0 Å². The van der Waals surface area contributed by atoms with E-state index in [1.807, 2.05) is 12.3 Å². The van der Waals surface area contributed by atoms with Gasteiger partial charge in [0.1, 0.15) is 5.82 Å². The predicted molar refractivity (Wildman–Crippen MR) is 63.1 cm³/mol. The van der Waals surface area contributed by atoms with Gasteiger partial charge in [0, 0.05) is 19.3 Å². The number of nitrogens with zero attached hydrogens (tertiary/aromatic N) is 2. The topological polar surface area (TPSA) is 42.1 Å². The molecule has 1 aliphatic heterocycles. The highest BCUT2D eigenvalue weighted by atomic mass is 15.2.